The Bertz CT molecular complexity index is 872. The fraction of sp³-hybridized carbons (Fsp3) is 0.200. The Morgan fingerprint density at radius 3 is 2.48 bits per heavy atom. The Hall–Kier alpha value is -3.08. The van der Waals surface area contributed by atoms with Crippen molar-refractivity contribution >= 4 is 17.5 Å². The Morgan fingerprint density at radius 2 is 1.72 bits per heavy atom. The van der Waals surface area contributed by atoms with Gasteiger partial charge in [0.2, 0.25) is 5.95 Å². The minimum atomic E-state index is 0.272. The van der Waals surface area contributed by atoms with E-state index in [1.165, 1.54) is 16.7 Å². The molecular formula is C20H23N5. The minimum Gasteiger partial charge on any atom is -0.399 e. The van der Waals surface area contributed by atoms with Gasteiger partial charge in [0.15, 0.2) is 0 Å². The molecule has 2 aromatic carbocycles. The molecule has 5 heteroatoms. The SMILES string of the molecule is Cc1cccc(-c2cc(NCCc3ccc(N)cc3)nc(N)n2)c1C. The molecule has 0 atom stereocenters. The van der Waals surface area contributed by atoms with Crippen molar-refractivity contribution in [3.8, 4) is 11.3 Å². The van der Waals surface area contributed by atoms with Gasteiger partial charge in [-0.15, -0.1) is 0 Å². The number of nitrogens with one attached hydrogen (secondary N) is 1. The Balaban J connectivity index is 1.75. The molecule has 0 saturated carbocycles. The first kappa shape index (κ1) is 16.8. The highest BCUT2D eigenvalue weighted by Crippen LogP contribution is 2.26. The van der Waals surface area contributed by atoms with Crippen LogP contribution in [0.2, 0.25) is 0 Å². The highest BCUT2D eigenvalue weighted by Gasteiger charge is 2.08. The molecular weight excluding hydrogens is 310 g/mol. The summed E-state index contributed by atoms with van der Waals surface area (Å²) in [5, 5.41) is 3.33. The van der Waals surface area contributed by atoms with E-state index in [4.69, 9.17) is 11.5 Å². The molecule has 0 saturated heterocycles. The van der Waals surface area contributed by atoms with Gasteiger partial charge in [-0.05, 0) is 49.1 Å². The van der Waals surface area contributed by atoms with Crippen molar-refractivity contribution in [3.05, 3.63) is 65.2 Å². The van der Waals surface area contributed by atoms with Gasteiger partial charge in [-0.1, -0.05) is 30.3 Å². The van der Waals surface area contributed by atoms with Crippen LogP contribution in [-0.4, -0.2) is 16.5 Å². The third kappa shape index (κ3) is 4.07. The molecule has 128 valence electrons. The number of aryl methyl sites for hydroxylation is 1. The zero-order chi connectivity index (χ0) is 17.8. The lowest BCUT2D eigenvalue weighted by Crippen LogP contribution is -2.09. The summed E-state index contributed by atoms with van der Waals surface area (Å²) in [6.07, 6.45) is 0.878. The summed E-state index contributed by atoms with van der Waals surface area (Å²) in [5.74, 6) is 1.01. The van der Waals surface area contributed by atoms with Crippen molar-refractivity contribution in [1.29, 1.82) is 0 Å². The lowest BCUT2D eigenvalue weighted by Gasteiger charge is -2.11. The highest BCUT2D eigenvalue weighted by atomic mass is 15.1. The number of nitrogens with zero attached hydrogens (tertiary/aromatic N) is 2. The van der Waals surface area contributed by atoms with E-state index in [-0.39, 0.29) is 5.95 Å². The first-order valence-corrected chi connectivity index (χ1v) is 8.32. The number of hydrogen-bond donors (Lipinski definition) is 3. The second kappa shape index (κ2) is 7.21. The molecule has 0 amide bonds. The number of nitrogen functional groups attached to an aromatic ring is 2. The molecule has 3 aromatic rings. The van der Waals surface area contributed by atoms with Crippen LogP contribution in [0.3, 0.4) is 0 Å². The molecule has 0 aliphatic carbocycles. The minimum absolute atomic E-state index is 0.272. The number of anilines is 3. The summed E-state index contributed by atoms with van der Waals surface area (Å²) >= 11 is 0. The van der Waals surface area contributed by atoms with Crippen LogP contribution in [0.25, 0.3) is 11.3 Å². The molecule has 0 spiro atoms. The van der Waals surface area contributed by atoms with Gasteiger partial charge in [-0.25, -0.2) is 4.98 Å². The highest BCUT2D eigenvalue weighted by molar-refractivity contribution is 5.68. The summed E-state index contributed by atoms with van der Waals surface area (Å²) in [7, 11) is 0. The lowest BCUT2D eigenvalue weighted by atomic mass is 10.0. The maximum atomic E-state index is 5.91. The van der Waals surface area contributed by atoms with Gasteiger partial charge in [0, 0.05) is 23.9 Å². The van der Waals surface area contributed by atoms with Gasteiger partial charge >= 0.3 is 0 Å². The first-order valence-electron chi connectivity index (χ1n) is 8.32. The van der Waals surface area contributed by atoms with Crippen LogP contribution in [-0.2, 0) is 6.42 Å². The molecule has 0 aliphatic heterocycles. The van der Waals surface area contributed by atoms with Crippen LogP contribution in [0.5, 0.6) is 0 Å². The van der Waals surface area contributed by atoms with Crippen LogP contribution in [0.4, 0.5) is 17.5 Å². The van der Waals surface area contributed by atoms with Gasteiger partial charge in [-0.3, -0.25) is 0 Å². The summed E-state index contributed by atoms with van der Waals surface area (Å²) in [5.41, 5.74) is 18.0. The fourth-order valence-electron chi connectivity index (χ4n) is 2.74. The molecule has 0 unspecified atom stereocenters. The average Bonchev–Trinajstić information content (AvgIpc) is 2.59. The van der Waals surface area contributed by atoms with Crippen LogP contribution < -0.4 is 16.8 Å². The fourth-order valence-corrected chi connectivity index (χ4v) is 2.74. The van der Waals surface area contributed by atoms with E-state index < -0.39 is 0 Å². The standard InChI is InChI=1S/C20H23N5/c1-13-4-3-5-17(14(13)2)18-12-19(25-20(22)24-18)23-11-10-15-6-8-16(21)9-7-15/h3-9,12H,10-11,21H2,1-2H3,(H3,22,23,24,25). The first-order chi connectivity index (χ1) is 12.0. The van der Waals surface area contributed by atoms with Gasteiger partial charge in [0.1, 0.15) is 5.82 Å². The lowest BCUT2D eigenvalue weighted by molar-refractivity contribution is 1.00. The van der Waals surface area contributed by atoms with Crippen molar-refractivity contribution in [3.63, 3.8) is 0 Å². The number of nitrogens with two attached hydrogens (primary N) is 2. The largest absolute Gasteiger partial charge is 0.399 e. The van der Waals surface area contributed by atoms with Crippen LogP contribution in [0.1, 0.15) is 16.7 Å². The average molecular weight is 333 g/mol. The van der Waals surface area contributed by atoms with Crippen molar-refractivity contribution in [1.82, 2.24) is 9.97 Å². The number of rotatable bonds is 5. The van der Waals surface area contributed by atoms with Gasteiger partial charge in [-0.2, -0.15) is 4.98 Å². The van der Waals surface area contributed by atoms with E-state index in [2.05, 4.69) is 41.3 Å². The topological polar surface area (TPSA) is 89.8 Å². The van der Waals surface area contributed by atoms with Crippen molar-refractivity contribution < 1.29 is 0 Å². The molecule has 5 N–H and O–H groups in total. The van der Waals surface area contributed by atoms with Crippen LogP contribution in [0, 0.1) is 13.8 Å². The predicted octanol–water partition coefficient (Wildman–Crippen LogP) is 3.58. The zero-order valence-electron chi connectivity index (χ0n) is 14.6. The van der Waals surface area contributed by atoms with Gasteiger partial charge in [0.25, 0.3) is 0 Å². The van der Waals surface area contributed by atoms with E-state index in [0.29, 0.717) is 0 Å². The summed E-state index contributed by atoms with van der Waals surface area (Å²) in [4.78, 5) is 8.69. The van der Waals surface area contributed by atoms with Crippen molar-refractivity contribution in [2.45, 2.75) is 20.3 Å². The molecule has 3 rings (SSSR count). The number of aromatic nitrogens is 2. The molecule has 0 radical (unpaired) electrons. The normalized spacial score (nSPS) is 10.6. The third-order valence-corrected chi connectivity index (χ3v) is 4.32. The molecule has 0 aliphatic rings. The predicted molar refractivity (Wildman–Crippen MR) is 104 cm³/mol. The van der Waals surface area contributed by atoms with Gasteiger partial charge < -0.3 is 16.8 Å². The number of benzene rings is 2. The third-order valence-electron chi connectivity index (χ3n) is 4.32. The molecule has 0 bridgehead atoms. The maximum Gasteiger partial charge on any atom is 0.222 e. The summed E-state index contributed by atoms with van der Waals surface area (Å²) in [6, 6.07) is 16.0. The maximum absolute atomic E-state index is 5.91. The van der Waals surface area contributed by atoms with Crippen molar-refractivity contribution in [2.24, 2.45) is 0 Å². The smallest absolute Gasteiger partial charge is 0.222 e. The Kier molecular flexibility index (Phi) is 4.84. The summed E-state index contributed by atoms with van der Waals surface area (Å²) < 4.78 is 0. The monoisotopic (exact) mass is 333 g/mol. The van der Waals surface area contributed by atoms with Gasteiger partial charge in [0.05, 0.1) is 5.69 Å². The molecule has 25 heavy (non-hydrogen) atoms. The van der Waals surface area contributed by atoms with E-state index in [1.807, 2.05) is 36.4 Å². The Labute approximate surface area is 148 Å². The second-order valence-electron chi connectivity index (χ2n) is 6.16. The summed E-state index contributed by atoms with van der Waals surface area (Å²) in [6.45, 7) is 4.94. The Morgan fingerprint density at radius 1 is 0.960 bits per heavy atom. The van der Waals surface area contributed by atoms with E-state index in [9.17, 15) is 0 Å². The zero-order valence-corrected chi connectivity index (χ0v) is 14.6. The van der Waals surface area contributed by atoms with Crippen molar-refractivity contribution in [2.75, 3.05) is 23.3 Å². The molecule has 1 heterocycles. The number of hydrogen-bond acceptors (Lipinski definition) is 5. The van der Waals surface area contributed by atoms with E-state index >= 15 is 0 Å². The second-order valence-corrected chi connectivity index (χ2v) is 6.16. The van der Waals surface area contributed by atoms with Crippen LogP contribution in [0.15, 0.2) is 48.5 Å². The van der Waals surface area contributed by atoms with Crippen LogP contribution >= 0.6 is 0 Å². The molecule has 5 nitrogen and oxygen atoms in total. The van der Waals surface area contributed by atoms with E-state index in [0.717, 1.165) is 35.7 Å². The quantitative estimate of drug-likeness (QED) is 0.621. The van der Waals surface area contributed by atoms with E-state index in [1.54, 1.807) is 0 Å². The molecule has 0 fully saturated rings. The molecule has 1 aromatic heterocycles.